The van der Waals surface area contributed by atoms with Gasteiger partial charge < -0.3 is 15.9 Å². The second-order valence-corrected chi connectivity index (χ2v) is 13.1. The van der Waals surface area contributed by atoms with E-state index in [1.807, 2.05) is 6.82 Å². The highest BCUT2D eigenvalue weighted by atomic mass is 16.2. The second kappa shape index (κ2) is 28.3. The molecule has 42 heavy (non-hydrogen) atoms. The summed E-state index contributed by atoms with van der Waals surface area (Å²) in [5.41, 5.74) is 0. The molecule has 0 spiro atoms. The van der Waals surface area contributed by atoms with Crippen molar-refractivity contribution in [3.05, 3.63) is 0 Å². The molecule has 3 N–H and O–H groups in total. The minimum absolute atomic E-state index is 0.0847. The molecule has 0 radical (unpaired) electrons. The molecule has 0 saturated heterocycles. The number of hydrogen-bond acceptors (Lipinski definition) is 3. The Morgan fingerprint density at radius 3 is 1.31 bits per heavy atom. The van der Waals surface area contributed by atoms with E-state index in [0.29, 0.717) is 26.3 Å². The minimum atomic E-state index is -0.659. The van der Waals surface area contributed by atoms with Crippen LogP contribution in [0.4, 0.5) is 0 Å². The van der Waals surface area contributed by atoms with E-state index in [9.17, 15) is 14.4 Å². The van der Waals surface area contributed by atoms with E-state index >= 15 is 0 Å². The van der Waals surface area contributed by atoms with Gasteiger partial charge in [0, 0.05) is 19.9 Å². The van der Waals surface area contributed by atoms with Crippen LogP contribution in [0.1, 0.15) is 180 Å². The van der Waals surface area contributed by atoms with Gasteiger partial charge in [0.25, 0.3) is 0 Å². The summed E-state index contributed by atoms with van der Waals surface area (Å²) in [6.07, 6.45) is 34.5. The molecule has 1 fully saturated rings. The molecule has 1 aliphatic carbocycles. The van der Waals surface area contributed by atoms with Gasteiger partial charge in [-0.15, -0.1) is 0 Å². The van der Waals surface area contributed by atoms with Crippen molar-refractivity contribution in [2.24, 2.45) is 5.92 Å². The van der Waals surface area contributed by atoms with E-state index in [0.717, 1.165) is 12.8 Å². The number of amides is 3. The first-order chi connectivity index (χ1) is 20.5. The molecule has 0 bridgehead atoms. The maximum absolute atomic E-state index is 13.0. The Morgan fingerprint density at radius 2 is 0.976 bits per heavy atom. The van der Waals surface area contributed by atoms with E-state index in [1.165, 1.54) is 155 Å². The van der Waals surface area contributed by atoms with Crippen LogP contribution in [-0.4, -0.2) is 37.7 Å². The Kier molecular flexibility index (Phi) is 25.9. The summed E-state index contributed by atoms with van der Waals surface area (Å²) >= 11 is 0. The lowest BCUT2D eigenvalue weighted by molar-refractivity contribution is -0.129. The van der Waals surface area contributed by atoms with E-state index in [-0.39, 0.29) is 24.1 Å². The number of carbonyl (C=O) groups is 3. The lowest BCUT2D eigenvalue weighted by atomic mass is 9.93. The van der Waals surface area contributed by atoms with Crippen LogP contribution >= 0.6 is 0 Å². The monoisotopic (exact) mass is 590 g/mol. The van der Waals surface area contributed by atoms with Crippen LogP contribution in [0.5, 0.6) is 0 Å². The number of hydrogen-bond donors (Lipinski definition) is 3. The quantitative estimate of drug-likeness (QED) is 0.249. The third-order valence-corrected chi connectivity index (χ3v) is 9.02. The van der Waals surface area contributed by atoms with Gasteiger partial charge in [0.05, 0.1) is 0 Å². The van der Waals surface area contributed by atoms with Crippen LogP contribution in [0.15, 0.2) is 0 Å². The molecule has 0 aromatic heterocycles. The zero-order chi connectivity index (χ0) is 30.5. The molecule has 0 aromatic carbocycles. The van der Waals surface area contributed by atoms with Gasteiger partial charge >= 0.3 is 0 Å². The lowest BCUT2D eigenvalue weighted by Crippen LogP contribution is -2.47. The standard InChI is InChI=1S/C35H68BN3O3/c1-31(40)38-33(28-29-34(41)39-36-2)35(42)37-30-32-26-24-22-20-18-16-14-12-10-8-6-4-3-5-7-9-11-13-15-17-19-21-23-25-27-32/h32-33,36H,3-30H2,1-2H3,(H,37,42)(H,38,40)(H,39,41)/t33-/m0/s1. The Labute approximate surface area is 260 Å². The molecule has 6 nitrogen and oxygen atoms in total. The van der Waals surface area contributed by atoms with Crippen molar-refractivity contribution in [2.45, 2.75) is 193 Å². The van der Waals surface area contributed by atoms with E-state index in [4.69, 9.17) is 0 Å². The smallest absolute Gasteiger partial charge is 0.242 e. The SMILES string of the molecule is CBNC(=O)CC[C@H](NC(C)=O)C(=O)NCC1CCCCCCCCCCCCCCCCCCCCCCCCC1. The van der Waals surface area contributed by atoms with Crippen molar-refractivity contribution < 1.29 is 14.4 Å². The normalized spacial score (nSPS) is 20.0. The van der Waals surface area contributed by atoms with Gasteiger partial charge in [-0.3, -0.25) is 14.4 Å². The Bertz CT molecular complexity index is 650. The molecule has 1 aliphatic rings. The van der Waals surface area contributed by atoms with E-state index in [1.54, 1.807) is 0 Å². The number of nitrogens with one attached hydrogen (secondary N) is 3. The zero-order valence-electron chi connectivity index (χ0n) is 27.9. The van der Waals surface area contributed by atoms with Gasteiger partial charge in [-0.1, -0.05) is 155 Å². The van der Waals surface area contributed by atoms with Gasteiger partial charge in [0.1, 0.15) is 6.04 Å². The molecule has 1 saturated carbocycles. The van der Waals surface area contributed by atoms with Crippen LogP contribution in [0.25, 0.3) is 0 Å². The van der Waals surface area contributed by atoms with Crippen LogP contribution in [-0.2, 0) is 14.4 Å². The predicted molar refractivity (Wildman–Crippen MR) is 180 cm³/mol. The van der Waals surface area contributed by atoms with Gasteiger partial charge in [-0.25, -0.2) is 0 Å². The number of rotatable bonds is 8. The fourth-order valence-corrected chi connectivity index (χ4v) is 6.37. The summed E-state index contributed by atoms with van der Waals surface area (Å²) in [5.74, 6) is -0.00492. The Morgan fingerprint density at radius 1 is 0.619 bits per heavy atom. The Hall–Kier alpha value is -1.53. The third-order valence-electron chi connectivity index (χ3n) is 9.02. The fraction of sp³-hybridized carbons (Fsp3) is 0.914. The maximum atomic E-state index is 13.0. The van der Waals surface area contributed by atoms with Crippen molar-refractivity contribution in [3.8, 4) is 0 Å². The van der Waals surface area contributed by atoms with Crippen molar-refractivity contribution in [1.82, 2.24) is 15.9 Å². The first kappa shape index (κ1) is 38.5. The molecule has 0 heterocycles. The summed E-state index contributed by atoms with van der Waals surface area (Å²) in [6.45, 7) is 3.97. The molecular formula is C35H68BN3O3. The average molecular weight is 590 g/mol. The molecule has 3 amide bonds. The largest absolute Gasteiger partial charge is 0.403 e. The minimum Gasteiger partial charge on any atom is -0.403 e. The first-order valence-corrected chi connectivity index (χ1v) is 18.3. The van der Waals surface area contributed by atoms with Crippen molar-refractivity contribution in [2.75, 3.05) is 6.54 Å². The third kappa shape index (κ3) is 24.0. The first-order valence-electron chi connectivity index (χ1n) is 18.3. The van der Waals surface area contributed by atoms with E-state index < -0.39 is 6.04 Å². The topological polar surface area (TPSA) is 87.3 Å². The zero-order valence-corrected chi connectivity index (χ0v) is 27.9. The molecule has 7 heteroatoms. The highest BCUT2D eigenvalue weighted by Crippen LogP contribution is 2.20. The molecular weight excluding hydrogens is 521 g/mol. The lowest BCUT2D eigenvalue weighted by Gasteiger charge is -2.21. The van der Waals surface area contributed by atoms with Crippen LogP contribution in [0, 0.1) is 5.92 Å². The molecule has 0 aliphatic heterocycles. The Balaban J connectivity index is 2.50. The van der Waals surface area contributed by atoms with Crippen molar-refractivity contribution in [3.63, 3.8) is 0 Å². The molecule has 1 atom stereocenters. The van der Waals surface area contributed by atoms with Crippen molar-refractivity contribution in [1.29, 1.82) is 0 Å². The highest BCUT2D eigenvalue weighted by Gasteiger charge is 2.21. The summed E-state index contributed by atoms with van der Waals surface area (Å²) in [7, 11) is 0.567. The van der Waals surface area contributed by atoms with Gasteiger partial charge in [0.15, 0.2) is 0 Å². The van der Waals surface area contributed by atoms with Gasteiger partial charge in [0.2, 0.25) is 25.1 Å². The molecule has 0 aromatic rings. The van der Waals surface area contributed by atoms with Gasteiger partial charge in [-0.2, -0.15) is 0 Å². The molecule has 0 unspecified atom stereocenters. The number of carbonyl (C=O) groups excluding carboxylic acids is 3. The molecule has 244 valence electrons. The summed E-state index contributed by atoms with van der Waals surface area (Å²) in [6, 6.07) is -0.659. The summed E-state index contributed by atoms with van der Waals surface area (Å²) in [4.78, 5) is 36.6. The van der Waals surface area contributed by atoms with Crippen molar-refractivity contribution >= 4 is 25.1 Å². The molecule has 1 rings (SSSR count). The van der Waals surface area contributed by atoms with Crippen LogP contribution in [0.3, 0.4) is 0 Å². The van der Waals surface area contributed by atoms with E-state index in [2.05, 4.69) is 15.9 Å². The van der Waals surface area contributed by atoms with Crippen LogP contribution in [0.2, 0.25) is 6.82 Å². The summed E-state index contributed by atoms with van der Waals surface area (Å²) in [5, 5.41) is 8.66. The second-order valence-electron chi connectivity index (χ2n) is 13.1. The van der Waals surface area contributed by atoms with Crippen LogP contribution < -0.4 is 15.9 Å². The average Bonchev–Trinajstić information content (AvgIpc) is 2.96. The fourth-order valence-electron chi connectivity index (χ4n) is 6.37. The predicted octanol–water partition coefficient (Wildman–Crippen LogP) is 8.29. The highest BCUT2D eigenvalue weighted by molar-refractivity contribution is 6.35. The van der Waals surface area contributed by atoms with Gasteiger partial charge in [-0.05, 0) is 25.2 Å². The summed E-state index contributed by atoms with van der Waals surface area (Å²) < 4.78 is 0. The maximum Gasteiger partial charge on any atom is 0.242 e.